The minimum Gasteiger partial charge on any atom is -0.480 e. The molecule has 0 spiro atoms. The van der Waals surface area contributed by atoms with Crippen LogP contribution in [-0.2, 0) is 16.6 Å². The van der Waals surface area contributed by atoms with Crippen molar-refractivity contribution < 1.29 is 13.2 Å². The van der Waals surface area contributed by atoms with Crippen molar-refractivity contribution in [1.82, 2.24) is 39.2 Å². The second-order valence-electron chi connectivity index (χ2n) is 9.59. The summed E-state index contributed by atoms with van der Waals surface area (Å²) in [5, 5.41) is 3.07. The number of pyridine rings is 1. The third kappa shape index (κ3) is 4.69. The lowest BCUT2D eigenvalue weighted by molar-refractivity contribution is 0.313. The van der Waals surface area contributed by atoms with Crippen LogP contribution in [-0.4, -0.2) is 57.0 Å². The summed E-state index contributed by atoms with van der Waals surface area (Å²) in [5.74, 6) is 1.27. The summed E-state index contributed by atoms with van der Waals surface area (Å²) in [7, 11) is -0.695. The first-order valence-corrected chi connectivity index (χ1v) is 14.2. The Morgan fingerprint density at radius 2 is 1.87 bits per heavy atom. The Morgan fingerprint density at radius 3 is 2.51 bits per heavy atom. The first-order valence-electron chi connectivity index (χ1n) is 12.7. The highest BCUT2D eigenvalue weighted by molar-refractivity contribution is 7.89. The summed E-state index contributed by atoms with van der Waals surface area (Å²) in [6, 6.07) is 3.06. The molecule has 0 saturated heterocycles. The molecule has 2 aliphatic rings. The van der Waals surface area contributed by atoms with Crippen LogP contribution in [0.5, 0.6) is 5.88 Å². The molecule has 6 rings (SSSR count). The van der Waals surface area contributed by atoms with E-state index in [2.05, 4.69) is 35.0 Å². The molecule has 14 heteroatoms. The minimum absolute atomic E-state index is 0.00674. The Kier molecular flexibility index (Phi) is 6.43. The van der Waals surface area contributed by atoms with Crippen LogP contribution in [0.25, 0.3) is 22.6 Å². The van der Waals surface area contributed by atoms with Crippen molar-refractivity contribution in [3.8, 4) is 17.3 Å². The first-order chi connectivity index (χ1) is 18.9. The zero-order chi connectivity index (χ0) is 27.1. The molecule has 39 heavy (non-hydrogen) atoms. The summed E-state index contributed by atoms with van der Waals surface area (Å²) >= 11 is 0. The van der Waals surface area contributed by atoms with Gasteiger partial charge in [0, 0.05) is 18.2 Å². The Morgan fingerprint density at radius 1 is 1.05 bits per heavy atom. The molecule has 2 N–H and O–H groups in total. The average molecular weight is 550 g/mol. The summed E-state index contributed by atoms with van der Waals surface area (Å²) in [6.45, 7) is 0.181. The van der Waals surface area contributed by atoms with Gasteiger partial charge in [-0.05, 0) is 51.3 Å². The Balaban J connectivity index is 1.38. The minimum atomic E-state index is -3.59. The van der Waals surface area contributed by atoms with Gasteiger partial charge in [0.1, 0.15) is 22.3 Å². The number of rotatable bonds is 9. The molecule has 0 amide bonds. The van der Waals surface area contributed by atoms with E-state index in [1.165, 1.54) is 25.6 Å². The van der Waals surface area contributed by atoms with Crippen molar-refractivity contribution in [2.45, 2.75) is 55.5 Å². The monoisotopic (exact) mass is 549 g/mol. The van der Waals surface area contributed by atoms with Gasteiger partial charge in [-0.15, -0.1) is 0 Å². The van der Waals surface area contributed by atoms with E-state index in [1.807, 2.05) is 0 Å². The van der Waals surface area contributed by atoms with Crippen molar-refractivity contribution in [2.24, 2.45) is 0 Å². The summed E-state index contributed by atoms with van der Waals surface area (Å²) in [5.41, 5.74) is 2.69. The molecule has 202 valence electrons. The van der Waals surface area contributed by atoms with Gasteiger partial charge in [-0.1, -0.05) is 0 Å². The Hall–Kier alpha value is -4.04. The van der Waals surface area contributed by atoms with Crippen molar-refractivity contribution in [3.63, 3.8) is 0 Å². The van der Waals surface area contributed by atoms with Gasteiger partial charge in [0.25, 0.3) is 5.56 Å². The second kappa shape index (κ2) is 9.93. The maximum absolute atomic E-state index is 13.6. The smallest absolute Gasteiger partial charge is 0.295 e. The van der Waals surface area contributed by atoms with Crippen LogP contribution in [0, 0.1) is 0 Å². The summed E-state index contributed by atoms with van der Waals surface area (Å²) < 4.78 is 33.4. The molecule has 0 aliphatic heterocycles. The van der Waals surface area contributed by atoms with Crippen molar-refractivity contribution in [1.29, 1.82) is 0 Å². The predicted octanol–water partition coefficient (Wildman–Crippen LogP) is 2.17. The van der Waals surface area contributed by atoms with E-state index < -0.39 is 10.0 Å². The van der Waals surface area contributed by atoms with E-state index in [9.17, 15) is 13.2 Å². The topological polar surface area (TPSA) is 167 Å². The van der Waals surface area contributed by atoms with Gasteiger partial charge in [0.05, 0.1) is 31.2 Å². The van der Waals surface area contributed by atoms with Crippen LogP contribution in [0.15, 0.2) is 40.5 Å². The SMILES string of the molecule is CNS(=O)(=O)c1ccc(CNc2nc3cnc(-c4c(OC)ncnc4C4CC4)nc3n(C3CCC3)c2=O)nc1. The molecular weight excluding hydrogens is 522 g/mol. The summed E-state index contributed by atoms with van der Waals surface area (Å²) in [4.78, 5) is 40.6. The van der Waals surface area contributed by atoms with E-state index in [0.29, 0.717) is 40.0 Å². The molecule has 0 aromatic carbocycles. The van der Waals surface area contributed by atoms with Crippen molar-refractivity contribution in [3.05, 3.63) is 52.6 Å². The van der Waals surface area contributed by atoms with E-state index in [-0.39, 0.29) is 28.9 Å². The fourth-order valence-electron chi connectivity index (χ4n) is 4.60. The number of hydrogen-bond acceptors (Lipinski definition) is 11. The molecule has 4 heterocycles. The van der Waals surface area contributed by atoms with Gasteiger partial charge in [-0.25, -0.2) is 38.1 Å². The van der Waals surface area contributed by atoms with Crippen LogP contribution in [0.3, 0.4) is 0 Å². The van der Waals surface area contributed by atoms with Gasteiger partial charge in [0.15, 0.2) is 17.3 Å². The van der Waals surface area contributed by atoms with Gasteiger partial charge in [-0.2, -0.15) is 0 Å². The zero-order valence-corrected chi connectivity index (χ0v) is 22.3. The lowest BCUT2D eigenvalue weighted by atomic mass is 9.93. The number of nitrogens with zero attached hydrogens (tertiary/aromatic N) is 7. The predicted molar refractivity (Wildman–Crippen MR) is 142 cm³/mol. The lowest BCUT2D eigenvalue weighted by Gasteiger charge is -2.28. The number of hydrogen-bond donors (Lipinski definition) is 2. The molecule has 4 aromatic heterocycles. The second-order valence-corrected chi connectivity index (χ2v) is 11.5. The highest BCUT2D eigenvalue weighted by atomic mass is 32.2. The molecule has 0 radical (unpaired) electrons. The van der Waals surface area contributed by atoms with Gasteiger partial charge < -0.3 is 10.1 Å². The number of anilines is 1. The molecule has 13 nitrogen and oxygen atoms in total. The van der Waals surface area contributed by atoms with Crippen molar-refractivity contribution >= 4 is 27.0 Å². The zero-order valence-electron chi connectivity index (χ0n) is 21.5. The van der Waals surface area contributed by atoms with Crippen LogP contribution in [0.1, 0.15) is 55.5 Å². The Bertz CT molecular complexity index is 1720. The van der Waals surface area contributed by atoms with Crippen LogP contribution in [0.4, 0.5) is 5.82 Å². The molecule has 2 aliphatic carbocycles. The standard InChI is InChI=1S/C25H27N9O4S/c1-26-39(36,37)17-9-8-15(27-11-17)10-28-22-25(35)34(16-4-3-5-16)23-18(32-22)12-29-21(33-23)19-20(14-6-7-14)30-13-31-24(19)38-2/h8-9,11-14,16,26H,3-7,10H2,1-2H3,(H,28,32). The largest absolute Gasteiger partial charge is 0.480 e. The van der Waals surface area contributed by atoms with E-state index >= 15 is 0 Å². The Labute approximate surface area is 224 Å². The van der Waals surface area contributed by atoms with Gasteiger partial charge in [-0.3, -0.25) is 14.3 Å². The molecule has 4 aromatic rings. The normalized spacial score (nSPS) is 15.7. The van der Waals surface area contributed by atoms with E-state index in [0.717, 1.165) is 37.8 Å². The molecule has 2 saturated carbocycles. The number of sulfonamides is 1. The first kappa shape index (κ1) is 25.2. The maximum Gasteiger partial charge on any atom is 0.295 e. The van der Waals surface area contributed by atoms with Gasteiger partial charge >= 0.3 is 0 Å². The molecular formula is C25H27N9O4S. The average Bonchev–Trinajstić information content (AvgIpc) is 3.78. The molecule has 0 atom stereocenters. The van der Waals surface area contributed by atoms with Crippen LogP contribution < -0.4 is 20.3 Å². The number of nitrogens with one attached hydrogen (secondary N) is 2. The number of fused-ring (bicyclic) bond motifs is 1. The highest BCUT2D eigenvalue weighted by Gasteiger charge is 2.32. The third-order valence-corrected chi connectivity index (χ3v) is 8.51. The van der Waals surface area contributed by atoms with Crippen molar-refractivity contribution in [2.75, 3.05) is 19.5 Å². The molecule has 0 bridgehead atoms. The maximum atomic E-state index is 13.6. The number of ether oxygens (including phenoxy) is 1. The number of methoxy groups -OCH3 is 1. The fourth-order valence-corrected chi connectivity index (χ4v) is 5.27. The third-order valence-electron chi connectivity index (χ3n) is 7.11. The fraction of sp³-hybridized carbons (Fsp3) is 0.400. The quantitative estimate of drug-likeness (QED) is 0.314. The van der Waals surface area contributed by atoms with Gasteiger partial charge in [0.2, 0.25) is 15.9 Å². The van der Waals surface area contributed by atoms with Crippen LogP contribution >= 0.6 is 0 Å². The molecule has 0 unspecified atom stereocenters. The number of aromatic nitrogens is 7. The van der Waals surface area contributed by atoms with E-state index in [4.69, 9.17) is 9.72 Å². The summed E-state index contributed by atoms with van der Waals surface area (Å²) in [6.07, 6.45) is 9.20. The van der Waals surface area contributed by atoms with E-state index in [1.54, 1.807) is 23.9 Å². The highest BCUT2D eigenvalue weighted by Crippen LogP contribution is 2.45. The molecule has 2 fully saturated rings. The lowest BCUT2D eigenvalue weighted by Crippen LogP contribution is -2.32. The van der Waals surface area contributed by atoms with Crippen LogP contribution in [0.2, 0.25) is 0 Å².